The molecule has 0 aliphatic carbocycles. The Morgan fingerprint density at radius 1 is 1.56 bits per heavy atom. The Morgan fingerprint density at radius 2 is 2.25 bits per heavy atom. The van der Waals surface area contributed by atoms with E-state index < -0.39 is 16.0 Å². The second-order valence-corrected chi connectivity index (χ2v) is 7.04. The van der Waals surface area contributed by atoms with Crippen LogP contribution in [0.2, 0.25) is 0 Å². The molecule has 7 heteroatoms. The van der Waals surface area contributed by atoms with Gasteiger partial charge in [-0.25, -0.2) is 8.42 Å². The van der Waals surface area contributed by atoms with E-state index in [0.29, 0.717) is 6.54 Å². The van der Waals surface area contributed by atoms with Crippen molar-refractivity contribution in [2.45, 2.75) is 25.8 Å². The third-order valence-corrected chi connectivity index (χ3v) is 5.71. The first-order chi connectivity index (χ1) is 7.43. The molecule has 1 atom stereocenters. The Bertz CT molecular complexity index is 341. The van der Waals surface area contributed by atoms with Crippen LogP contribution < -0.4 is 0 Å². The number of carboxylic acids is 1. The van der Waals surface area contributed by atoms with Crippen LogP contribution in [-0.2, 0) is 14.8 Å². The highest BCUT2D eigenvalue weighted by molar-refractivity contribution is 7.99. The van der Waals surface area contributed by atoms with Gasteiger partial charge in [0.25, 0.3) is 0 Å². The van der Waals surface area contributed by atoms with Crippen molar-refractivity contribution in [2.24, 2.45) is 0 Å². The lowest BCUT2D eigenvalue weighted by molar-refractivity contribution is -0.137. The fourth-order valence-electron chi connectivity index (χ4n) is 1.65. The maximum absolute atomic E-state index is 11.9. The van der Waals surface area contributed by atoms with Gasteiger partial charge in [-0.15, -0.1) is 0 Å². The second kappa shape index (κ2) is 5.88. The summed E-state index contributed by atoms with van der Waals surface area (Å²) in [4.78, 5) is 10.3. The van der Waals surface area contributed by atoms with Crippen molar-refractivity contribution in [1.29, 1.82) is 0 Å². The van der Waals surface area contributed by atoms with E-state index in [0.717, 1.165) is 11.5 Å². The molecule has 0 spiro atoms. The number of carboxylic acid groups (broad SMARTS) is 1. The second-order valence-electron chi connectivity index (χ2n) is 3.85. The van der Waals surface area contributed by atoms with Gasteiger partial charge in [-0.2, -0.15) is 16.1 Å². The van der Waals surface area contributed by atoms with Crippen LogP contribution in [0.1, 0.15) is 19.8 Å². The summed E-state index contributed by atoms with van der Waals surface area (Å²) in [7, 11) is -3.27. The van der Waals surface area contributed by atoms with Gasteiger partial charge in [0, 0.05) is 30.5 Å². The minimum absolute atomic E-state index is 0.0218. The molecule has 1 unspecified atom stereocenters. The first-order valence-corrected chi connectivity index (χ1v) is 7.99. The predicted octanol–water partition coefficient (Wildman–Crippen LogP) is 0.618. The molecule has 16 heavy (non-hydrogen) atoms. The molecule has 94 valence electrons. The molecule has 1 aliphatic rings. The van der Waals surface area contributed by atoms with E-state index in [1.54, 1.807) is 11.8 Å². The van der Waals surface area contributed by atoms with Crippen LogP contribution in [0.5, 0.6) is 0 Å². The van der Waals surface area contributed by atoms with Crippen LogP contribution in [0, 0.1) is 0 Å². The van der Waals surface area contributed by atoms with Crippen molar-refractivity contribution in [2.75, 3.05) is 23.8 Å². The number of carbonyl (C=O) groups is 1. The summed E-state index contributed by atoms with van der Waals surface area (Å²) in [5.74, 6) is 0.632. The lowest BCUT2D eigenvalue weighted by Crippen LogP contribution is -2.45. The fraction of sp³-hybridized carbons (Fsp3) is 0.889. The van der Waals surface area contributed by atoms with Gasteiger partial charge in [-0.1, -0.05) is 0 Å². The zero-order valence-corrected chi connectivity index (χ0v) is 10.9. The zero-order chi connectivity index (χ0) is 12.2. The summed E-state index contributed by atoms with van der Waals surface area (Å²) >= 11 is 1.75. The summed E-state index contributed by atoms with van der Waals surface area (Å²) in [6.07, 6.45) is 0.101. The maximum Gasteiger partial charge on any atom is 0.303 e. The number of nitrogens with zero attached hydrogens (tertiary/aromatic N) is 1. The number of hydrogen-bond donors (Lipinski definition) is 1. The van der Waals surface area contributed by atoms with Crippen molar-refractivity contribution >= 4 is 27.8 Å². The van der Waals surface area contributed by atoms with Crippen molar-refractivity contribution in [3.05, 3.63) is 0 Å². The van der Waals surface area contributed by atoms with E-state index in [2.05, 4.69) is 0 Å². The Kier molecular flexibility index (Phi) is 5.07. The summed E-state index contributed by atoms with van der Waals surface area (Å²) in [6.45, 7) is 2.43. The van der Waals surface area contributed by atoms with E-state index in [-0.39, 0.29) is 24.6 Å². The fourth-order valence-corrected chi connectivity index (χ4v) is 4.61. The third kappa shape index (κ3) is 3.95. The molecule has 0 saturated carbocycles. The molecule has 1 fully saturated rings. The van der Waals surface area contributed by atoms with Gasteiger partial charge in [-0.3, -0.25) is 4.79 Å². The number of thioether (sulfide) groups is 1. The lowest BCUT2D eigenvalue weighted by atomic mass is 10.3. The van der Waals surface area contributed by atoms with E-state index in [4.69, 9.17) is 5.11 Å². The van der Waals surface area contributed by atoms with E-state index in [1.807, 2.05) is 6.92 Å². The quantitative estimate of drug-likeness (QED) is 0.790. The lowest BCUT2D eigenvalue weighted by Gasteiger charge is -2.31. The van der Waals surface area contributed by atoms with E-state index in [1.165, 1.54) is 4.31 Å². The molecular weight excluding hydrogens is 250 g/mol. The van der Waals surface area contributed by atoms with Crippen LogP contribution in [0.4, 0.5) is 0 Å². The Balaban J connectivity index is 2.51. The molecule has 1 rings (SSSR count). The predicted molar refractivity (Wildman–Crippen MR) is 64.1 cm³/mol. The van der Waals surface area contributed by atoms with Crippen LogP contribution in [0.25, 0.3) is 0 Å². The molecule has 0 radical (unpaired) electrons. The average molecular weight is 267 g/mol. The van der Waals surface area contributed by atoms with Gasteiger partial charge in [0.2, 0.25) is 10.0 Å². The summed E-state index contributed by atoms with van der Waals surface area (Å²) in [6, 6.07) is 0.0218. The van der Waals surface area contributed by atoms with Crippen LogP contribution in [-0.4, -0.2) is 53.6 Å². The van der Waals surface area contributed by atoms with Crippen molar-refractivity contribution in [1.82, 2.24) is 4.31 Å². The van der Waals surface area contributed by atoms with Crippen molar-refractivity contribution in [3.8, 4) is 0 Å². The molecule has 1 N–H and O–H groups in total. The highest BCUT2D eigenvalue weighted by atomic mass is 32.2. The first-order valence-electron chi connectivity index (χ1n) is 5.22. The standard InChI is InChI=1S/C9H17NO4S2/c1-8-7-15-5-4-10(8)16(13,14)6-2-3-9(11)12/h8H,2-7H2,1H3,(H,11,12). The molecule has 5 nitrogen and oxygen atoms in total. The number of hydrogen-bond acceptors (Lipinski definition) is 4. The molecule has 1 heterocycles. The van der Waals surface area contributed by atoms with Gasteiger partial charge >= 0.3 is 5.97 Å². The highest BCUT2D eigenvalue weighted by Gasteiger charge is 2.29. The SMILES string of the molecule is CC1CSCCN1S(=O)(=O)CCCC(=O)O. The molecule has 1 aliphatic heterocycles. The Morgan fingerprint density at radius 3 is 2.81 bits per heavy atom. The molecule has 0 aromatic rings. The maximum atomic E-state index is 11.9. The topological polar surface area (TPSA) is 74.7 Å². The third-order valence-electron chi connectivity index (χ3n) is 2.46. The zero-order valence-electron chi connectivity index (χ0n) is 9.26. The largest absolute Gasteiger partial charge is 0.481 e. The van der Waals surface area contributed by atoms with Crippen LogP contribution in [0.3, 0.4) is 0 Å². The molecule has 1 saturated heterocycles. The summed E-state index contributed by atoms with van der Waals surface area (Å²) in [5.41, 5.74) is 0. The minimum atomic E-state index is -3.27. The molecule has 0 bridgehead atoms. The molecule has 0 aromatic carbocycles. The number of sulfonamides is 1. The average Bonchev–Trinajstić information content (AvgIpc) is 2.17. The number of aliphatic carboxylic acids is 1. The summed E-state index contributed by atoms with van der Waals surface area (Å²) < 4.78 is 25.3. The normalized spacial score (nSPS) is 23.2. The first kappa shape index (κ1) is 13.8. The van der Waals surface area contributed by atoms with Gasteiger partial charge in [0.15, 0.2) is 0 Å². The monoisotopic (exact) mass is 267 g/mol. The number of rotatable bonds is 5. The molecule has 0 amide bonds. The van der Waals surface area contributed by atoms with E-state index in [9.17, 15) is 13.2 Å². The van der Waals surface area contributed by atoms with Gasteiger partial charge in [0.1, 0.15) is 0 Å². The smallest absolute Gasteiger partial charge is 0.303 e. The Labute approximate surface area is 100 Å². The Hall–Kier alpha value is -0.270. The molecular formula is C9H17NO4S2. The molecule has 0 aromatic heterocycles. The highest BCUT2D eigenvalue weighted by Crippen LogP contribution is 2.20. The van der Waals surface area contributed by atoms with Gasteiger partial charge < -0.3 is 5.11 Å². The van der Waals surface area contributed by atoms with E-state index >= 15 is 0 Å². The van der Waals surface area contributed by atoms with Crippen LogP contribution in [0.15, 0.2) is 0 Å². The minimum Gasteiger partial charge on any atom is -0.481 e. The summed E-state index contributed by atoms with van der Waals surface area (Å²) in [5, 5.41) is 8.46. The van der Waals surface area contributed by atoms with Crippen LogP contribution >= 0.6 is 11.8 Å². The van der Waals surface area contributed by atoms with Gasteiger partial charge in [0.05, 0.1) is 5.75 Å². The van der Waals surface area contributed by atoms with Crippen molar-refractivity contribution in [3.63, 3.8) is 0 Å². The van der Waals surface area contributed by atoms with Crippen molar-refractivity contribution < 1.29 is 18.3 Å². The van der Waals surface area contributed by atoms with Gasteiger partial charge in [-0.05, 0) is 13.3 Å².